The Morgan fingerprint density at radius 3 is 2.41 bits per heavy atom. The first-order valence-corrected chi connectivity index (χ1v) is 9.91. The van der Waals surface area contributed by atoms with Crippen LogP contribution in [-0.4, -0.2) is 40.7 Å². The molecule has 162 valence electrons. The average Bonchev–Trinajstić information content (AvgIpc) is 3.18. The molecule has 0 aliphatic heterocycles. The molecule has 32 heavy (non-hydrogen) atoms. The van der Waals surface area contributed by atoms with Crippen molar-refractivity contribution in [2.45, 2.75) is 13.5 Å². The van der Waals surface area contributed by atoms with Gasteiger partial charge >= 0.3 is 5.97 Å². The number of hydrogen-bond acceptors (Lipinski definition) is 6. The lowest BCUT2D eigenvalue weighted by atomic mass is 10.1. The van der Waals surface area contributed by atoms with Crippen LogP contribution in [0, 0.1) is 6.92 Å². The highest BCUT2D eigenvalue weighted by molar-refractivity contribution is 6.04. The molecule has 0 N–H and O–H groups in total. The average molecular weight is 431 g/mol. The van der Waals surface area contributed by atoms with E-state index in [-0.39, 0.29) is 23.7 Å². The van der Waals surface area contributed by atoms with E-state index in [1.165, 1.54) is 16.7 Å². The SMILES string of the molecule is COC(=O)c1cc(CN(C)C(=O)c2nn(-c3ccccc3)c(=O)c3ccccc23)oc1C. The minimum atomic E-state index is -0.505. The van der Waals surface area contributed by atoms with Gasteiger partial charge in [0, 0.05) is 12.4 Å². The summed E-state index contributed by atoms with van der Waals surface area (Å²) < 4.78 is 11.6. The molecular weight excluding hydrogens is 410 g/mol. The molecule has 0 fully saturated rings. The molecule has 4 rings (SSSR count). The maximum absolute atomic E-state index is 13.4. The fraction of sp³-hybridized carbons (Fsp3) is 0.167. The second-order valence-corrected chi connectivity index (χ2v) is 7.28. The molecule has 0 bridgehead atoms. The lowest BCUT2D eigenvalue weighted by Gasteiger charge is -2.17. The van der Waals surface area contributed by atoms with Gasteiger partial charge in [0.05, 0.1) is 24.7 Å². The Morgan fingerprint density at radius 2 is 1.72 bits per heavy atom. The van der Waals surface area contributed by atoms with Gasteiger partial charge in [-0.15, -0.1) is 0 Å². The lowest BCUT2D eigenvalue weighted by molar-refractivity contribution is 0.0598. The highest BCUT2D eigenvalue weighted by atomic mass is 16.5. The quantitative estimate of drug-likeness (QED) is 0.450. The van der Waals surface area contributed by atoms with Gasteiger partial charge in [-0.05, 0) is 31.2 Å². The molecule has 0 aliphatic carbocycles. The minimum Gasteiger partial charge on any atom is -0.465 e. The number of para-hydroxylation sites is 1. The van der Waals surface area contributed by atoms with E-state index in [0.717, 1.165) is 0 Å². The van der Waals surface area contributed by atoms with Crippen molar-refractivity contribution in [3.8, 4) is 5.69 Å². The summed E-state index contributed by atoms with van der Waals surface area (Å²) in [5.41, 5.74) is 0.701. The van der Waals surface area contributed by atoms with Crippen molar-refractivity contribution in [2.75, 3.05) is 14.2 Å². The van der Waals surface area contributed by atoms with Gasteiger partial charge in [0.1, 0.15) is 17.1 Å². The van der Waals surface area contributed by atoms with Gasteiger partial charge < -0.3 is 14.1 Å². The number of benzene rings is 2. The molecule has 0 saturated heterocycles. The summed E-state index contributed by atoms with van der Waals surface area (Å²) in [5.74, 6) is -0.0537. The van der Waals surface area contributed by atoms with Crippen LogP contribution >= 0.6 is 0 Å². The normalized spacial score (nSPS) is 10.8. The molecule has 2 aromatic heterocycles. The first kappa shape index (κ1) is 21.0. The Labute approximate surface area is 183 Å². The highest BCUT2D eigenvalue weighted by Crippen LogP contribution is 2.20. The third kappa shape index (κ3) is 3.78. The van der Waals surface area contributed by atoms with Crippen LogP contribution < -0.4 is 5.56 Å². The topological polar surface area (TPSA) is 94.6 Å². The van der Waals surface area contributed by atoms with E-state index in [0.29, 0.717) is 33.5 Å². The zero-order chi connectivity index (χ0) is 22.8. The first-order chi connectivity index (χ1) is 15.4. The predicted octanol–water partition coefficient (Wildman–Crippen LogP) is 3.35. The van der Waals surface area contributed by atoms with Gasteiger partial charge in [-0.2, -0.15) is 9.78 Å². The van der Waals surface area contributed by atoms with E-state index < -0.39 is 5.97 Å². The minimum absolute atomic E-state index is 0.108. The molecule has 8 nitrogen and oxygen atoms in total. The number of aromatic nitrogens is 2. The molecular formula is C24H21N3O5. The number of rotatable bonds is 5. The van der Waals surface area contributed by atoms with Crippen LogP contribution in [0.1, 0.15) is 32.4 Å². The Balaban J connectivity index is 1.74. The zero-order valence-corrected chi connectivity index (χ0v) is 17.9. The van der Waals surface area contributed by atoms with Crippen LogP contribution in [0.15, 0.2) is 69.9 Å². The number of fused-ring (bicyclic) bond motifs is 1. The van der Waals surface area contributed by atoms with Crippen molar-refractivity contribution in [2.24, 2.45) is 0 Å². The second kappa shape index (κ2) is 8.50. The number of nitrogens with zero attached hydrogens (tertiary/aromatic N) is 3. The summed E-state index contributed by atoms with van der Waals surface area (Å²) >= 11 is 0. The molecule has 4 aromatic rings. The van der Waals surface area contributed by atoms with Crippen LogP contribution in [0.4, 0.5) is 0 Å². The van der Waals surface area contributed by atoms with Crippen LogP contribution in [0.5, 0.6) is 0 Å². The van der Waals surface area contributed by atoms with Gasteiger partial charge in [0.15, 0.2) is 5.69 Å². The third-order valence-corrected chi connectivity index (χ3v) is 5.12. The molecule has 0 saturated carbocycles. The van der Waals surface area contributed by atoms with Crippen LogP contribution in [0.25, 0.3) is 16.5 Å². The Bertz CT molecular complexity index is 1370. The van der Waals surface area contributed by atoms with Crippen LogP contribution in [-0.2, 0) is 11.3 Å². The molecule has 8 heteroatoms. The number of carbonyl (C=O) groups is 2. The van der Waals surface area contributed by atoms with Crippen LogP contribution in [0.3, 0.4) is 0 Å². The summed E-state index contributed by atoms with van der Waals surface area (Å²) in [5, 5.41) is 5.26. The van der Waals surface area contributed by atoms with E-state index in [4.69, 9.17) is 9.15 Å². The summed E-state index contributed by atoms with van der Waals surface area (Å²) in [7, 11) is 2.90. The van der Waals surface area contributed by atoms with E-state index >= 15 is 0 Å². The van der Waals surface area contributed by atoms with E-state index in [2.05, 4.69) is 5.10 Å². The predicted molar refractivity (Wildman–Crippen MR) is 118 cm³/mol. The largest absolute Gasteiger partial charge is 0.465 e. The van der Waals surface area contributed by atoms with Gasteiger partial charge in [-0.1, -0.05) is 36.4 Å². The second-order valence-electron chi connectivity index (χ2n) is 7.28. The van der Waals surface area contributed by atoms with Crippen molar-refractivity contribution in [1.29, 1.82) is 0 Å². The van der Waals surface area contributed by atoms with Crippen LogP contribution in [0.2, 0.25) is 0 Å². The number of methoxy groups -OCH3 is 1. The molecule has 0 spiro atoms. The zero-order valence-electron chi connectivity index (χ0n) is 17.9. The molecule has 1 amide bonds. The smallest absolute Gasteiger partial charge is 0.341 e. The monoisotopic (exact) mass is 431 g/mol. The third-order valence-electron chi connectivity index (χ3n) is 5.12. The Hall–Kier alpha value is -4.20. The number of hydrogen-bond donors (Lipinski definition) is 0. The number of aryl methyl sites for hydroxylation is 1. The van der Waals surface area contributed by atoms with E-state index in [1.807, 2.05) is 6.07 Å². The standard InChI is InChI=1S/C24H21N3O5/c1-15-20(24(30)31-3)13-17(32-15)14-26(2)23(29)21-18-11-7-8-12-19(18)22(28)27(25-21)16-9-5-4-6-10-16/h4-13H,14H2,1-3H3. The number of amides is 1. The number of furan rings is 1. The summed E-state index contributed by atoms with van der Waals surface area (Å²) in [6.45, 7) is 1.76. The van der Waals surface area contributed by atoms with E-state index in [9.17, 15) is 14.4 Å². The van der Waals surface area contributed by atoms with Gasteiger partial charge in [-0.25, -0.2) is 4.79 Å². The maximum Gasteiger partial charge on any atom is 0.341 e. The van der Waals surface area contributed by atoms with Crippen molar-refractivity contribution >= 4 is 22.6 Å². The van der Waals surface area contributed by atoms with Gasteiger partial charge in [0.25, 0.3) is 11.5 Å². The molecule has 0 atom stereocenters. The number of esters is 1. The molecule has 0 radical (unpaired) electrons. The highest BCUT2D eigenvalue weighted by Gasteiger charge is 2.23. The van der Waals surface area contributed by atoms with Crippen molar-refractivity contribution < 1.29 is 18.7 Å². The fourth-order valence-corrected chi connectivity index (χ4v) is 3.51. The van der Waals surface area contributed by atoms with Crippen molar-refractivity contribution in [3.63, 3.8) is 0 Å². The number of ether oxygens (including phenoxy) is 1. The summed E-state index contributed by atoms with van der Waals surface area (Å²) in [4.78, 5) is 39.6. The first-order valence-electron chi connectivity index (χ1n) is 9.91. The summed E-state index contributed by atoms with van der Waals surface area (Å²) in [6.07, 6.45) is 0. The van der Waals surface area contributed by atoms with E-state index in [1.54, 1.807) is 68.6 Å². The number of carbonyl (C=O) groups excluding carboxylic acids is 2. The summed E-state index contributed by atoms with van der Waals surface area (Å²) in [6, 6.07) is 17.4. The molecule has 2 heterocycles. The Kier molecular flexibility index (Phi) is 5.59. The molecule has 2 aromatic carbocycles. The van der Waals surface area contributed by atoms with Crippen molar-refractivity contribution in [1.82, 2.24) is 14.7 Å². The fourth-order valence-electron chi connectivity index (χ4n) is 3.51. The lowest BCUT2D eigenvalue weighted by Crippen LogP contribution is -2.31. The van der Waals surface area contributed by atoms with Crippen molar-refractivity contribution in [3.05, 3.63) is 93.8 Å². The molecule has 0 aliphatic rings. The Morgan fingerprint density at radius 1 is 1.06 bits per heavy atom. The maximum atomic E-state index is 13.4. The van der Waals surface area contributed by atoms with Gasteiger partial charge in [-0.3, -0.25) is 9.59 Å². The molecule has 0 unspecified atom stereocenters. The van der Waals surface area contributed by atoms with Gasteiger partial charge in [0.2, 0.25) is 0 Å².